The third-order valence-electron chi connectivity index (χ3n) is 7.08. The first-order chi connectivity index (χ1) is 14.3. The maximum atomic E-state index is 9.61. The fraction of sp³-hybridized carbons (Fsp3) is 0.455. The number of methoxy groups -OCH3 is 1. The van der Waals surface area contributed by atoms with Crippen LogP contribution in [0.2, 0.25) is 0 Å². The van der Waals surface area contributed by atoms with Crippen LogP contribution in [0.25, 0.3) is 0 Å². The number of halogens is 3. The number of hydrogen-bond acceptors (Lipinski definition) is 5. The number of rotatable bonds is 3. The van der Waals surface area contributed by atoms with Crippen LogP contribution in [-0.4, -0.2) is 41.5 Å². The van der Waals surface area contributed by atoms with Gasteiger partial charge in [-0.3, -0.25) is 4.90 Å². The normalized spacial score (nSPS) is 39.5. The van der Waals surface area contributed by atoms with Crippen LogP contribution in [0.4, 0.5) is 0 Å². The van der Waals surface area contributed by atoms with E-state index < -0.39 is 20.9 Å². The van der Waals surface area contributed by atoms with E-state index in [2.05, 4.69) is 11.8 Å². The van der Waals surface area contributed by atoms with Crippen molar-refractivity contribution in [2.45, 2.75) is 46.3 Å². The summed E-state index contributed by atoms with van der Waals surface area (Å²) in [5, 5.41) is 8.93. The Morgan fingerprint density at radius 2 is 1.77 bits per heavy atom. The Kier molecular flexibility index (Phi) is 4.58. The molecule has 3 aliphatic rings. The predicted molar refractivity (Wildman–Crippen MR) is 116 cm³/mol. The van der Waals surface area contributed by atoms with E-state index in [1.165, 1.54) is 0 Å². The number of benzene rings is 2. The van der Waals surface area contributed by atoms with Crippen molar-refractivity contribution < 1.29 is 19.6 Å². The molecule has 2 fully saturated rings. The molecule has 5 rings (SSSR count). The zero-order chi connectivity index (χ0) is 21.5. The third kappa shape index (κ3) is 2.21. The summed E-state index contributed by atoms with van der Waals surface area (Å²) in [6.07, 6.45) is 0.0577. The van der Waals surface area contributed by atoms with Gasteiger partial charge < -0.3 is 14.4 Å². The Balaban J connectivity index is 1.74. The topological polar surface area (TPSA) is 51.2 Å². The minimum Gasteiger partial charge on any atom is -0.496 e. The molecule has 0 radical (unpaired) electrons. The summed E-state index contributed by atoms with van der Waals surface area (Å²) in [4.78, 5) is 4.57. The van der Waals surface area contributed by atoms with Gasteiger partial charge >= 0.3 is 0 Å². The molecule has 1 spiro atoms. The van der Waals surface area contributed by atoms with Crippen molar-refractivity contribution in [3.63, 3.8) is 0 Å². The summed E-state index contributed by atoms with van der Waals surface area (Å²) >= 11 is 21.8. The van der Waals surface area contributed by atoms with Crippen molar-refractivity contribution in [2.24, 2.45) is 0 Å². The van der Waals surface area contributed by atoms with Gasteiger partial charge in [-0.2, -0.15) is 0 Å². The fourth-order valence-corrected chi connectivity index (χ4v) is 7.59. The molecule has 1 heterocycles. The molecule has 0 aromatic heterocycles. The zero-order valence-electron chi connectivity index (χ0n) is 16.7. The lowest BCUT2D eigenvalue weighted by Crippen LogP contribution is -2.62. The van der Waals surface area contributed by atoms with Crippen LogP contribution < -0.4 is 9.62 Å². The standard InChI is InChI=1S/C22H22Cl3NO4/c1-12-18(13-7-5-4-6-8-13)29-22(26(12)2)19(23)20(24)11-21(22,25)17-15(30-27)10-9-14(28-3)16(17)20/h4-10,12,18-19,27H,11H2,1-3H3/t12-,18-,19+,20+,21-,22?/m0/s1. The van der Waals surface area contributed by atoms with E-state index in [9.17, 15) is 5.26 Å². The van der Waals surface area contributed by atoms with Crippen molar-refractivity contribution >= 4 is 34.8 Å². The summed E-state index contributed by atoms with van der Waals surface area (Å²) in [6.45, 7) is 2.08. The largest absolute Gasteiger partial charge is 0.496 e. The van der Waals surface area contributed by atoms with Crippen LogP contribution >= 0.6 is 34.8 Å². The molecule has 2 aromatic carbocycles. The van der Waals surface area contributed by atoms with Crippen LogP contribution in [0.5, 0.6) is 11.5 Å². The average molecular weight is 471 g/mol. The first kappa shape index (κ1) is 20.7. The van der Waals surface area contributed by atoms with Gasteiger partial charge in [-0.15, -0.1) is 34.8 Å². The second-order valence-electron chi connectivity index (χ2n) is 8.31. The third-order valence-corrected chi connectivity index (χ3v) is 8.99. The zero-order valence-corrected chi connectivity index (χ0v) is 19.0. The Hall–Kier alpha value is -1.21. The second-order valence-corrected chi connectivity index (χ2v) is 10.1. The molecule has 2 aromatic rings. The molecule has 1 N–H and O–H groups in total. The molecule has 30 heavy (non-hydrogen) atoms. The van der Waals surface area contributed by atoms with Gasteiger partial charge in [-0.1, -0.05) is 30.3 Å². The summed E-state index contributed by atoms with van der Waals surface area (Å²) in [5.41, 5.74) is 1.12. The van der Waals surface area contributed by atoms with Crippen LogP contribution in [0.3, 0.4) is 0 Å². The number of nitrogens with zero attached hydrogens (tertiary/aromatic N) is 1. The number of fused-ring (bicyclic) bond motifs is 6. The van der Waals surface area contributed by atoms with E-state index in [1.807, 2.05) is 37.4 Å². The smallest absolute Gasteiger partial charge is 0.170 e. The van der Waals surface area contributed by atoms with Crippen molar-refractivity contribution in [3.05, 3.63) is 59.2 Å². The summed E-state index contributed by atoms with van der Waals surface area (Å²) in [7, 11) is 3.51. The molecule has 2 bridgehead atoms. The first-order valence-electron chi connectivity index (χ1n) is 9.77. The first-order valence-corrected chi connectivity index (χ1v) is 11.0. The SMILES string of the molecule is COc1ccc(OO)c2c1[C@]1(Cl)C[C@@]2(Cl)C2(O[C@H](c3ccccc3)[C@H](C)N2C)[C@@H]1Cl. The van der Waals surface area contributed by atoms with E-state index >= 15 is 0 Å². The molecule has 1 aliphatic heterocycles. The maximum Gasteiger partial charge on any atom is 0.170 e. The highest BCUT2D eigenvalue weighted by atomic mass is 35.5. The Morgan fingerprint density at radius 3 is 2.40 bits per heavy atom. The highest BCUT2D eigenvalue weighted by molar-refractivity contribution is 6.38. The Labute approximate surface area is 190 Å². The molecule has 6 atom stereocenters. The van der Waals surface area contributed by atoms with Crippen LogP contribution in [-0.2, 0) is 14.5 Å². The molecule has 8 heteroatoms. The Bertz CT molecular complexity index is 1010. The van der Waals surface area contributed by atoms with Crippen molar-refractivity contribution in [1.82, 2.24) is 4.90 Å². The predicted octanol–water partition coefficient (Wildman–Crippen LogP) is 5.23. The van der Waals surface area contributed by atoms with Gasteiger partial charge in [0, 0.05) is 23.6 Å². The van der Waals surface area contributed by atoms with E-state index in [-0.39, 0.29) is 17.9 Å². The fourth-order valence-electron chi connectivity index (χ4n) is 5.66. The number of alkyl halides is 3. The quantitative estimate of drug-likeness (QED) is 0.378. The molecule has 2 aliphatic carbocycles. The number of likely N-dealkylation sites (N-methyl/N-ethyl adjacent to an activating group) is 1. The van der Waals surface area contributed by atoms with Gasteiger partial charge in [0.05, 0.1) is 12.0 Å². The lowest BCUT2D eigenvalue weighted by molar-refractivity contribution is -0.144. The van der Waals surface area contributed by atoms with Gasteiger partial charge in [-0.25, -0.2) is 5.26 Å². The minimum atomic E-state index is -1.16. The van der Waals surface area contributed by atoms with Crippen molar-refractivity contribution in [2.75, 3.05) is 14.2 Å². The molecule has 0 amide bonds. The van der Waals surface area contributed by atoms with E-state index in [0.29, 0.717) is 23.3 Å². The monoisotopic (exact) mass is 469 g/mol. The summed E-state index contributed by atoms with van der Waals surface area (Å²) < 4.78 is 12.3. The molecule has 1 saturated carbocycles. The molecule has 160 valence electrons. The van der Waals surface area contributed by atoms with Crippen LogP contribution in [0.1, 0.15) is 36.1 Å². The van der Waals surface area contributed by atoms with Crippen LogP contribution in [0, 0.1) is 0 Å². The van der Waals surface area contributed by atoms with Gasteiger partial charge in [0.1, 0.15) is 22.1 Å². The van der Waals surface area contributed by atoms with E-state index in [0.717, 1.165) is 5.56 Å². The number of hydrogen-bond donors (Lipinski definition) is 1. The minimum absolute atomic E-state index is 0.0172. The maximum absolute atomic E-state index is 9.61. The highest BCUT2D eigenvalue weighted by Gasteiger charge is 2.81. The Morgan fingerprint density at radius 1 is 1.10 bits per heavy atom. The molecule has 1 unspecified atom stereocenters. The average Bonchev–Trinajstić information content (AvgIpc) is 3.25. The molecular weight excluding hydrogens is 449 g/mol. The number of ether oxygens (including phenoxy) is 2. The summed E-state index contributed by atoms with van der Waals surface area (Å²) in [5.74, 6) is 0.774. The summed E-state index contributed by atoms with van der Waals surface area (Å²) in [6, 6.07) is 13.3. The lowest BCUT2D eigenvalue weighted by atomic mass is 9.82. The molecule has 1 saturated heterocycles. The second kappa shape index (κ2) is 6.64. The van der Waals surface area contributed by atoms with E-state index in [4.69, 9.17) is 49.2 Å². The van der Waals surface area contributed by atoms with Gasteiger partial charge in [-0.05, 0) is 31.7 Å². The van der Waals surface area contributed by atoms with Crippen molar-refractivity contribution in [3.8, 4) is 11.5 Å². The molecule has 5 nitrogen and oxygen atoms in total. The van der Waals surface area contributed by atoms with Crippen LogP contribution in [0.15, 0.2) is 42.5 Å². The van der Waals surface area contributed by atoms with E-state index in [1.54, 1.807) is 19.2 Å². The van der Waals surface area contributed by atoms with Crippen molar-refractivity contribution in [1.29, 1.82) is 0 Å². The van der Waals surface area contributed by atoms with Gasteiger partial charge in [0.2, 0.25) is 0 Å². The van der Waals surface area contributed by atoms with Gasteiger partial charge in [0.15, 0.2) is 11.5 Å². The molecular formula is C22H22Cl3NO4. The van der Waals surface area contributed by atoms with Gasteiger partial charge in [0.25, 0.3) is 0 Å². The lowest BCUT2D eigenvalue weighted by Gasteiger charge is -2.48. The highest BCUT2D eigenvalue weighted by Crippen LogP contribution is 2.76.